The second-order valence-electron chi connectivity index (χ2n) is 10.0. The molecule has 3 aromatic heterocycles. The first-order valence-corrected chi connectivity index (χ1v) is 13.1. The fraction of sp³-hybridized carbons (Fsp3) is 0.0625. The van der Waals surface area contributed by atoms with Crippen LogP contribution in [0.4, 0.5) is 0 Å². The Morgan fingerprint density at radius 1 is 0.439 bits per heavy atom. The fourth-order valence-electron chi connectivity index (χ4n) is 5.78. The van der Waals surface area contributed by atoms with E-state index >= 15 is 0 Å². The maximum absolute atomic E-state index is 5.01. The van der Waals surface area contributed by atoms with E-state index in [1.807, 2.05) is 84.9 Å². The summed E-state index contributed by atoms with van der Waals surface area (Å²) in [6.45, 7) is 0. The molecule has 0 N–H and O–H groups in total. The van der Waals surface area contributed by atoms with Crippen molar-refractivity contribution < 1.29 is 19.5 Å². The molecule has 0 fully saturated rings. The third-order valence-electron chi connectivity index (χ3n) is 7.69. The summed E-state index contributed by atoms with van der Waals surface area (Å²) in [4.78, 5) is 39.5. The van der Waals surface area contributed by atoms with Crippen molar-refractivity contribution in [3.05, 3.63) is 109 Å². The van der Waals surface area contributed by atoms with Crippen molar-refractivity contribution in [2.45, 2.75) is 11.8 Å². The Labute approximate surface area is 246 Å². The first-order valence-electron chi connectivity index (χ1n) is 13.1. The predicted octanol–water partition coefficient (Wildman–Crippen LogP) is 5.78. The van der Waals surface area contributed by atoms with Gasteiger partial charge < -0.3 is 29.9 Å². The van der Waals surface area contributed by atoms with Crippen molar-refractivity contribution in [1.82, 2.24) is 39.9 Å². The average molecular weight is 580 g/mol. The molecule has 2 aliphatic heterocycles. The molecule has 8 bridgehead atoms. The summed E-state index contributed by atoms with van der Waals surface area (Å²) in [6, 6.07) is 24.0. The maximum Gasteiger partial charge on any atom is 2.00 e. The summed E-state index contributed by atoms with van der Waals surface area (Å²) < 4.78 is 0. The Hall–Kier alpha value is -4.88. The standard InChI is InChI=1S/C32H18N8.Zn/c1-2-10-18-17(9-1)25-33-26(18)38-28-21-13-5-6-14-22(21)30(35-28)40-32-24-16-8-7-15-23(24)31(36-32)39-29-20-12-4-3-11-19(20)27(34-29)37-25;/h1-18H;/q-2;+2. The third-order valence-corrected chi connectivity index (χ3v) is 7.69. The molecule has 8 nitrogen and oxygen atoms in total. The molecule has 41 heavy (non-hydrogen) atoms. The Kier molecular flexibility index (Phi) is 5.31. The van der Waals surface area contributed by atoms with E-state index in [9.17, 15) is 0 Å². The molecule has 9 rings (SSSR count). The van der Waals surface area contributed by atoms with Crippen LogP contribution in [-0.2, 0) is 19.5 Å². The van der Waals surface area contributed by atoms with Crippen LogP contribution in [0.5, 0.6) is 0 Å². The second kappa shape index (κ2) is 9.08. The number of aromatic nitrogens is 8. The Morgan fingerprint density at radius 2 is 0.829 bits per heavy atom. The van der Waals surface area contributed by atoms with Gasteiger partial charge in [0.15, 0.2) is 0 Å². The Bertz CT molecular complexity index is 2110. The van der Waals surface area contributed by atoms with Gasteiger partial charge in [0.2, 0.25) is 0 Å². The van der Waals surface area contributed by atoms with Crippen molar-refractivity contribution in [1.29, 1.82) is 0 Å². The monoisotopic (exact) mass is 578 g/mol. The molecule has 2 atom stereocenters. The molecular weight excluding hydrogens is 562 g/mol. The number of hydrogen-bond acceptors (Lipinski definition) is 6. The maximum atomic E-state index is 5.01. The summed E-state index contributed by atoms with van der Waals surface area (Å²) in [5.74, 6) is 2.39. The van der Waals surface area contributed by atoms with Crippen LogP contribution in [0.2, 0.25) is 0 Å². The van der Waals surface area contributed by atoms with Crippen molar-refractivity contribution in [3.8, 4) is 22.8 Å². The van der Waals surface area contributed by atoms with Crippen LogP contribution >= 0.6 is 0 Å². The molecule has 0 saturated heterocycles. The van der Waals surface area contributed by atoms with E-state index in [0.29, 0.717) is 45.9 Å². The molecule has 0 spiro atoms. The zero-order chi connectivity index (χ0) is 26.2. The molecule has 0 amide bonds. The second-order valence-corrected chi connectivity index (χ2v) is 10.0. The summed E-state index contributed by atoms with van der Waals surface area (Å²) in [7, 11) is 0. The number of benzene rings is 3. The molecule has 2 unspecified atom stereocenters. The molecular formula is C32H18N8Zn. The van der Waals surface area contributed by atoms with E-state index < -0.39 is 0 Å². The van der Waals surface area contributed by atoms with Gasteiger partial charge in [0.05, 0.1) is 23.3 Å². The zero-order valence-electron chi connectivity index (χ0n) is 21.7. The van der Waals surface area contributed by atoms with Crippen LogP contribution < -0.4 is 9.97 Å². The van der Waals surface area contributed by atoms with Gasteiger partial charge >= 0.3 is 19.5 Å². The third kappa shape index (κ3) is 3.62. The molecule has 5 heterocycles. The first-order chi connectivity index (χ1) is 19.8. The van der Waals surface area contributed by atoms with Crippen LogP contribution in [0.25, 0.3) is 66.9 Å². The molecule has 3 aromatic carbocycles. The van der Waals surface area contributed by atoms with Crippen molar-refractivity contribution in [2.24, 2.45) is 0 Å². The Morgan fingerprint density at radius 3 is 1.27 bits per heavy atom. The minimum Gasteiger partial charge on any atom is -0.357 e. The van der Waals surface area contributed by atoms with Gasteiger partial charge in [-0.15, -0.1) is 0 Å². The average Bonchev–Trinajstić information content (AvgIpc) is 3.73. The van der Waals surface area contributed by atoms with Gasteiger partial charge in [-0.2, -0.15) is 0 Å². The summed E-state index contributed by atoms with van der Waals surface area (Å²) in [5.41, 5.74) is 4.11. The number of allylic oxidation sites excluding steroid dienone is 4. The van der Waals surface area contributed by atoms with E-state index in [1.54, 1.807) is 0 Å². The van der Waals surface area contributed by atoms with E-state index in [-0.39, 0.29) is 31.3 Å². The zero-order valence-corrected chi connectivity index (χ0v) is 24.6. The SMILES string of the molecule is C1=CC2c3nc(nc4[n-]c(nc5nc(nc6[n-]c(n3)c3ccccc63)-c3ccccc3-5)c3ccccc43)C2C=C1.[Zn+2]. The van der Waals surface area contributed by atoms with Gasteiger partial charge in [-0.25, -0.2) is 4.98 Å². The largest absolute Gasteiger partial charge is 2.00 e. The number of nitrogens with zero attached hydrogens (tertiary/aromatic N) is 8. The first kappa shape index (κ1) is 24.0. The van der Waals surface area contributed by atoms with Crippen molar-refractivity contribution >= 4 is 44.1 Å². The van der Waals surface area contributed by atoms with Crippen LogP contribution in [-0.4, -0.2) is 29.9 Å². The minimum absolute atomic E-state index is 0. The van der Waals surface area contributed by atoms with Gasteiger partial charge in [0, 0.05) is 45.6 Å². The van der Waals surface area contributed by atoms with Crippen molar-refractivity contribution in [2.75, 3.05) is 0 Å². The van der Waals surface area contributed by atoms with Crippen LogP contribution in [0.1, 0.15) is 23.5 Å². The molecule has 0 radical (unpaired) electrons. The predicted molar refractivity (Wildman–Crippen MR) is 153 cm³/mol. The van der Waals surface area contributed by atoms with E-state index in [2.05, 4.69) is 12.2 Å². The number of fused-ring (bicyclic) bond motifs is 20. The summed E-state index contributed by atoms with van der Waals surface area (Å²) in [6.07, 6.45) is 8.31. The normalized spacial score (nSPS) is 16.9. The smallest absolute Gasteiger partial charge is 0.357 e. The van der Waals surface area contributed by atoms with Crippen LogP contribution in [0.3, 0.4) is 0 Å². The van der Waals surface area contributed by atoms with Crippen molar-refractivity contribution in [3.63, 3.8) is 0 Å². The van der Waals surface area contributed by atoms with Crippen LogP contribution in [0, 0.1) is 0 Å². The molecule has 188 valence electrons. The van der Waals surface area contributed by atoms with Gasteiger partial charge in [0.1, 0.15) is 0 Å². The Balaban J connectivity index is 0.00000256. The molecule has 3 aliphatic rings. The van der Waals surface area contributed by atoms with Gasteiger partial charge in [-0.05, 0) is 21.5 Å². The molecule has 6 aromatic rings. The van der Waals surface area contributed by atoms with E-state index in [1.165, 1.54) is 0 Å². The molecule has 9 heteroatoms. The molecule has 1 aliphatic carbocycles. The fourth-order valence-corrected chi connectivity index (χ4v) is 5.78. The quantitative estimate of drug-likeness (QED) is 0.208. The summed E-state index contributed by atoms with van der Waals surface area (Å²) in [5, 5.41) is 3.65. The summed E-state index contributed by atoms with van der Waals surface area (Å²) >= 11 is 0. The van der Waals surface area contributed by atoms with Gasteiger partial charge in [-0.1, -0.05) is 97.1 Å². The van der Waals surface area contributed by atoms with Crippen LogP contribution in [0.15, 0.2) is 97.1 Å². The topological polar surface area (TPSA) is 106 Å². The minimum atomic E-state index is -0.0384. The van der Waals surface area contributed by atoms with Gasteiger partial charge in [-0.3, -0.25) is 4.98 Å². The van der Waals surface area contributed by atoms with Gasteiger partial charge in [0.25, 0.3) is 0 Å². The van der Waals surface area contributed by atoms with E-state index in [4.69, 9.17) is 39.9 Å². The number of hydrogen-bond donors (Lipinski definition) is 0. The number of rotatable bonds is 0. The van der Waals surface area contributed by atoms with E-state index in [0.717, 1.165) is 32.7 Å². The molecule has 0 saturated carbocycles.